The number of Topliss-reactive ketones (excluding diaryl/α,β-unsaturated/α-hetero) is 3. The summed E-state index contributed by atoms with van der Waals surface area (Å²) in [7, 11) is 4.25. The van der Waals surface area contributed by atoms with Crippen LogP contribution in [0.5, 0.6) is 5.75 Å². The zero-order chi connectivity index (χ0) is 62.6. The first kappa shape index (κ1) is 67.8. The number of hydrogen-bond donors (Lipinski definition) is 5. The van der Waals surface area contributed by atoms with Crippen molar-refractivity contribution in [2.75, 3.05) is 38.0 Å². The topological polar surface area (TPSA) is 272 Å². The minimum Gasteiger partial charge on any atom is -0.495 e. The van der Waals surface area contributed by atoms with E-state index in [1.165, 1.54) is 39.2 Å². The molecule has 0 radical (unpaired) electrons. The van der Waals surface area contributed by atoms with Crippen LogP contribution in [0, 0.1) is 23.7 Å². The molecule has 3 heterocycles. The third kappa shape index (κ3) is 18.3. The number of halogens is 4. The Labute approximate surface area is 500 Å². The number of benzene rings is 2. The molecule has 1 aliphatic carbocycles. The van der Waals surface area contributed by atoms with Crippen LogP contribution >= 0.6 is 11.6 Å². The largest absolute Gasteiger partial charge is 0.495 e. The number of fused-ring (bicyclic) bond motifs is 5. The van der Waals surface area contributed by atoms with Gasteiger partial charge in [0.2, 0.25) is 11.8 Å². The summed E-state index contributed by atoms with van der Waals surface area (Å²) in [5.41, 5.74) is 1.49. The number of carbonyl (C=O) groups is 8. The second-order valence-electron chi connectivity index (χ2n) is 23.7. The third-order valence-corrected chi connectivity index (χ3v) is 17.3. The Kier molecular flexibility index (Phi) is 23.8. The smallest absolute Gasteiger partial charge is 0.418 e. The molecule has 2 saturated heterocycles. The minimum absolute atomic E-state index is 0.0178. The predicted molar refractivity (Wildman–Crippen MR) is 311 cm³/mol. The van der Waals surface area contributed by atoms with E-state index in [4.69, 9.17) is 41.0 Å². The highest BCUT2D eigenvalue weighted by Crippen LogP contribution is 2.50. The van der Waals surface area contributed by atoms with E-state index in [0.29, 0.717) is 36.7 Å². The Bertz CT molecular complexity index is 2840. The summed E-state index contributed by atoms with van der Waals surface area (Å²) in [6.45, 7) is 8.63. The number of aliphatic hydroxyl groups is 1. The summed E-state index contributed by atoms with van der Waals surface area (Å²) >= 11 is 6.80. The van der Waals surface area contributed by atoms with E-state index in [1.54, 1.807) is 45.1 Å². The van der Waals surface area contributed by atoms with Gasteiger partial charge in [0.25, 0.3) is 0 Å². The zero-order valence-electron chi connectivity index (χ0n) is 49.8. The van der Waals surface area contributed by atoms with Gasteiger partial charge in [0.1, 0.15) is 51.9 Å². The number of ether oxygens (including phenoxy) is 5. The molecule has 4 bridgehead atoms. The first-order chi connectivity index (χ1) is 40.1. The molecule has 85 heavy (non-hydrogen) atoms. The number of carbonyl (C=O) groups excluding carboxylic acids is 8. The van der Waals surface area contributed by atoms with Crippen LogP contribution < -0.4 is 31.3 Å². The van der Waals surface area contributed by atoms with Crippen LogP contribution in [0.15, 0.2) is 54.1 Å². The number of unbranched alkanes of at least 4 members (excludes halogenated alkanes) is 3. The molecule has 0 aromatic heterocycles. The number of alkyl halides is 3. The number of methoxy groups -OCH3 is 2. The van der Waals surface area contributed by atoms with E-state index in [0.717, 1.165) is 50.2 Å². The Balaban J connectivity index is 1.20. The molecule has 0 unspecified atom stereocenters. The number of rotatable bonds is 24. The SMILES string of the molecule is COc1cc2cc(c1Cl)N(C)C(=O)C[C@H](OC(=O)Nc1ccc(CC(=O)[C@H](CCCNC(N)=O)NC(=O)[C@@H](CC(=O)CCCCCCC(=O)C3CCC3)C(C)C)cc1C(F)(F)F)[C@]1(C)O[C@H]1[C@H](C)[C@@H]1C[C@@](O)(CC(=O)O1)[C@H](OC)/C=C/C=C(\C)C2. The maximum Gasteiger partial charge on any atom is 0.418 e. The van der Waals surface area contributed by atoms with Crippen molar-refractivity contribution in [1.82, 2.24) is 10.6 Å². The van der Waals surface area contributed by atoms with Crippen molar-refractivity contribution in [3.8, 4) is 5.75 Å². The number of anilines is 2. The van der Waals surface area contributed by atoms with Gasteiger partial charge in [0.05, 0.1) is 49.0 Å². The quantitative estimate of drug-likeness (QED) is 0.0372. The zero-order valence-corrected chi connectivity index (χ0v) is 50.6. The van der Waals surface area contributed by atoms with Crippen LogP contribution in [0.3, 0.4) is 0 Å². The van der Waals surface area contributed by atoms with Crippen molar-refractivity contribution in [2.45, 2.75) is 192 Å². The van der Waals surface area contributed by atoms with Crippen molar-refractivity contribution in [1.29, 1.82) is 0 Å². The van der Waals surface area contributed by atoms with Crippen molar-refractivity contribution >= 4 is 70.2 Å². The fourth-order valence-corrected chi connectivity index (χ4v) is 11.8. The molecule has 6 N–H and O–H groups in total. The molecule has 6 rings (SSSR count). The normalized spacial score (nSPS) is 25.4. The average molecular weight is 1210 g/mol. The van der Waals surface area contributed by atoms with Crippen molar-refractivity contribution < 1.29 is 80.3 Å². The highest BCUT2D eigenvalue weighted by atomic mass is 35.5. The molecule has 3 aliphatic heterocycles. The van der Waals surface area contributed by atoms with Crippen molar-refractivity contribution in [2.24, 2.45) is 29.4 Å². The van der Waals surface area contributed by atoms with E-state index in [2.05, 4.69) is 16.0 Å². The number of hydrogen-bond acceptors (Lipinski definition) is 14. The number of nitrogens with two attached hydrogens (primary N) is 1. The highest BCUT2D eigenvalue weighted by Gasteiger charge is 2.64. The summed E-state index contributed by atoms with van der Waals surface area (Å²) in [6, 6.07) is 4.13. The molecule has 3 fully saturated rings. The van der Waals surface area contributed by atoms with E-state index in [-0.39, 0.29) is 78.3 Å². The summed E-state index contributed by atoms with van der Waals surface area (Å²) in [6.07, 6.45) is -0.422. The van der Waals surface area contributed by atoms with Crippen molar-refractivity contribution in [3.05, 3.63) is 75.8 Å². The van der Waals surface area contributed by atoms with Gasteiger partial charge >= 0.3 is 24.3 Å². The summed E-state index contributed by atoms with van der Waals surface area (Å²) in [5.74, 6) is -3.93. The molecule has 1 saturated carbocycles. The molecule has 9 atom stereocenters. The number of esters is 1. The predicted octanol–water partition coefficient (Wildman–Crippen LogP) is 9.63. The molecule has 5 amide bonds. The first-order valence-corrected chi connectivity index (χ1v) is 29.6. The molecule has 2 aromatic rings. The number of allylic oxidation sites excluding steroid dienone is 3. The Morgan fingerprint density at radius 2 is 1.71 bits per heavy atom. The van der Waals surface area contributed by atoms with Gasteiger partial charge in [-0.25, -0.2) is 9.59 Å². The number of nitrogens with one attached hydrogen (secondary N) is 3. The lowest BCUT2D eigenvalue weighted by atomic mass is 9.78. The van der Waals surface area contributed by atoms with Gasteiger partial charge < -0.3 is 50.1 Å². The number of nitrogens with zero attached hydrogens (tertiary/aromatic N) is 1. The van der Waals surface area contributed by atoms with Crippen LogP contribution in [0.4, 0.5) is 34.1 Å². The van der Waals surface area contributed by atoms with E-state index < -0.39 is 126 Å². The van der Waals surface area contributed by atoms with Crippen molar-refractivity contribution in [3.63, 3.8) is 0 Å². The summed E-state index contributed by atoms with van der Waals surface area (Å²) in [4.78, 5) is 108. The molecular weight excluding hydrogens is 1130 g/mol. The number of ketones is 3. The fourth-order valence-electron chi connectivity index (χ4n) is 11.5. The molecule has 0 spiro atoms. The lowest BCUT2D eigenvalue weighted by molar-refractivity contribution is -0.187. The van der Waals surface area contributed by atoms with Gasteiger partial charge in [-0.2, -0.15) is 13.2 Å². The summed E-state index contributed by atoms with van der Waals surface area (Å²) in [5, 5.41) is 19.4. The number of amides is 5. The minimum atomic E-state index is -5.12. The van der Waals surface area contributed by atoms with Crippen LogP contribution in [-0.4, -0.2) is 122 Å². The molecule has 2 aromatic carbocycles. The average Bonchev–Trinajstić information content (AvgIpc) is 1.65. The van der Waals surface area contributed by atoms with Gasteiger partial charge in [0.15, 0.2) is 5.78 Å². The maximum atomic E-state index is 15.1. The Hall–Kier alpha value is -6.36. The van der Waals surface area contributed by atoms with Gasteiger partial charge in [-0.05, 0) is 100 Å². The lowest BCUT2D eigenvalue weighted by Crippen LogP contribution is -2.53. The van der Waals surface area contributed by atoms with Gasteiger partial charge in [0, 0.05) is 70.6 Å². The lowest BCUT2D eigenvalue weighted by Gasteiger charge is -2.41. The van der Waals surface area contributed by atoms with E-state index >= 15 is 13.2 Å². The maximum absolute atomic E-state index is 15.1. The standard InChI is InChI=1S/C62H83ClF3N5O14/c1-35(2)42(31-41(72)19-11-9-10-12-21-47(73)40-17-14-18-40)57(77)69-45(20-15-25-68-58(67)78)48(74)29-38-23-24-44(43(27-38)62(64,65)66)70-59(79)84-52-32-53(75)71(6)46-28-39(30-49(81-7)55(46)63)26-36(3)16-13-22-51(82-8)61(80)33-50(83-54(76)34-61)37(4)56-60(52,5)85-56/h13,16,22-24,27-28,30,35,37,40,42,45,50-52,56,80H,9-12,14-15,17-21,25-26,29,31-34H2,1-8H3,(H,69,77)(H,70,79)(H3,67,68,78)/b22-13+,36-16+/t37-,42+,45+,50+,51-,52+,56+,60+,61-/m1/s1. The fraction of sp³-hybridized carbons (Fsp3) is 0.613. The molecule has 4 aliphatic rings. The second-order valence-corrected chi connectivity index (χ2v) is 24.1. The summed E-state index contributed by atoms with van der Waals surface area (Å²) < 4.78 is 74.4. The van der Waals surface area contributed by atoms with Gasteiger partial charge in [-0.3, -0.25) is 34.1 Å². The highest BCUT2D eigenvalue weighted by molar-refractivity contribution is 6.35. The number of primary amides is 1. The Morgan fingerprint density at radius 3 is 2.34 bits per heavy atom. The van der Waals surface area contributed by atoms with Gasteiger partial charge in [-0.15, -0.1) is 0 Å². The van der Waals surface area contributed by atoms with Crippen LogP contribution in [-0.2, 0) is 66.7 Å². The monoisotopic (exact) mass is 1210 g/mol. The van der Waals surface area contributed by atoms with Crippen LogP contribution in [0.25, 0.3) is 0 Å². The number of urea groups is 1. The molecule has 19 nitrogen and oxygen atoms in total. The first-order valence-electron chi connectivity index (χ1n) is 29.2. The van der Waals surface area contributed by atoms with Crippen LogP contribution in [0.2, 0.25) is 5.02 Å². The van der Waals surface area contributed by atoms with Gasteiger partial charge in [-0.1, -0.05) is 81.5 Å². The Morgan fingerprint density at radius 1 is 1.00 bits per heavy atom. The molecule has 468 valence electrons. The molecule has 23 heteroatoms. The number of epoxide rings is 1. The van der Waals surface area contributed by atoms with Crippen LogP contribution in [0.1, 0.15) is 148 Å². The van der Waals surface area contributed by atoms with E-state index in [1.807, 2.05) is 13.0 Å². The third-order valence-electron chi connectivity index (χ3n) is 16.9. The second kappa shape index (κ2) is 29.8. The van der Waals surface area contributed by atoms with E-state index in [9.17, 15) is 43.5 Å². The molecular formula is C62H83ClF3N5O14.